The Morgan fingerprint density at radius 1 is 1.00 bits per heavy atom. The van der Waals surface area contributed by atoms with Gasteiger partial charge in [-0.2, -0.15) is 13.2 Å². The molecule has 0 bridgehead atoms. The maximum Gasteiger partial charge on any atom is 0.416 e. The van der Waals surface area contributed by atoms with Gasteiger partial charge in [-0.25, -0.2) is 4.98 Å². The second-order valence-electron chi connectivity index (χ2n) is 5.32. The minimum Gasteiger partial charge on any atom is -0.302 e. The molecule has 7 heteroatoms. The molecule has 0 amide bonds. The third-order valence-corrected chi connectivity index (χ3v) is 3.84. The minimum absolute atomic E-state index is 0.273. The summed E-state index contributed by atoms with van der Waals surface area (Å²) in [6.45, 7) is 0.273. The number of aliphatic imine (C=N–C) groups is 1. The van der Waals surface area contributed by atoms with Crippen molar-refractivity contribution < 1.29 is 13.2 Å². The summed E-state index contributed by atoms with van der Waals surface area (Å²) >= 11 is 0. The van der Waals surface area contributed by atoms with Gasteiger partial charge >= 0.3 is 6.18 Å². The monoisotopic (exact) mass is 328 g/mol. The molecule has 0 unspecified atom stereocenters. The molecule has 3 heterocycles. The first-order valence-electron chi connectivity index (χ1n) is 7.24. The van der Waals surface area contributed by atoms with Gasteiger partial charge in [-0.15, -0.1) is 0 Å². The van der Waals surface area contributed by atoms with Crippen molar-refractivity contribution in [2.24, 2.45) is 4.99 Å². The van der Waals surface area contributed by atoms with E-state index >= 15 is 0 Å². The van der Waals surface area contributed by atoms with E-state index in [2.05, 4.69) is 15.0 Å². The highest BCUT2D eigenvalue weighted by atomic mass is 19.4. The summed E-state index contributed by atoms with van der Waals surface area (Å²) in [4.78, 5) is 12.9. The summed E-state index contributed by atoms with van der Waals surface area (Å²) in [6, 6.07) is 8.91. The van der Waals surface area contributed by atoms with Crippen LogP contribution in [0.5, 0.6) is 0 Å². The van der Waals surface area contributed by atoms with Gasteiger partial charge in [-0.3, -0.25) is 9.98 Å². The van der Waals surface area contributed by atoms with E-state index in [0.717, 1.165) is 12.1 Å². The molecule has 1 aliphatic rings. The molecule has 120 valence electrons. The van der Waals surface area contributed by atoms with Crippen molar-refractivity contribution in [2.45, 2.75) is 12.7 Å². The van der Waals surface area contributed by atoms with Crippen LogP contribution in [0.25, 0.3) is 5.69 Å². The lowest BCUT2D eigenvalue weighted by Gasteiger charge is -2.14. The standard InChI is InChI=1S/C17H11F3N4/c18-17(19,20)11-4-5-14-12(9-11)16(13-3-1-2-6-21-13)23-10-15-22-7-8-24(14)15/h1-9H,10H2. The second kappa shape index (κ2) is 5.30. The summed E-state index contributed by atoms with van der Waals surface area (Å²) < 4.78 is 41.2. The molecule has 4 nitrogen and oxygen atoms in total. The van der Waals surface area contributed by atoms with E-state index < -0.39 is 11.7 Å². The van der Waals surface area contributed by atoms with E-state index in [1.165, 1.54) is 6.07 Å². The minimum atomic E-state index is -4.42. The molecule has 3 aromatic rings. The number of alkyl halides is 3. The SMILES string of the molecule is FC(F)(F)c1ccc2c(c1)C(c1ccccn1)=NCc1nccn1-2. The number of fused-ring (bicyclic) bond motifs is 3. The highest BCUT2D eigenvalue weighted by Gasteiger charge is 2.32. The molecular formula is C17H11F3N4. The van der Waals surface area contributed by atoms with Crippen molar-refractivity contribution in [3.8, 4) is 5.69 Å². The first-order chi connectivity index (χ1) is 11.5. The Labute approximate surface area is 135 Å². The number of halogens is 3. The van der Waals surface area contributed by atoms with Gasteiger partial charge in [0.25, 0.3) is 0 Å². The van der Waals surface area contributed by atoms with Crippen LogP contribution in [0.3, 0.4) is 0 Å². The fourth-order valence-electron chi connectivity index (χ4n) is 2.74. The average Bonchev–Trinajstić information content (AvgIpc) is 2.98. The fraction of sp³-hybridized carbons (Fsp3) is 0.118. The number of benzene rings is 1. The van der Waals surface area contributed by atoms with Gasteiger partial charge in [0.1, 0.15) is 5.82 Å². The van der Waals surface area contributed by atoms with Crippen LogP contribution >= 0.6 is 0 Å². The van der Waals surface area contributed by atoms with Crippen molar-refractivity contribution in [3.05, 3.63) is 77.6 Å². The third-order valence-electron chi connectivity index (χ3n) is 3.84. The van der Waals surface area contributed by atoms with Gasteiger partial charge in [-0.05, 0) is 30.3 Å². The fourth-order valence-corrected chi connectivity index (χ4v) is 2.74. The quantitative estimate of drug-likeness (QED) is 0.684. The van der Waals surface area contributed by atoms with Crippen LogP contribution in [0.1, 0.15) is 22.6 Å². The Bertz CT molecular complexity index is 927. The van der Waals surface area contributed by atoms with Crippen LogP contribution < -0.4 is 0 Å². The van der Waals surface area contributed by atoms with Crippen LogP contribution in [-0.4, -0.2) is 20.2 Å². The van der Waals surface area contributed by atoms with Gasteiger partial charge in [-0.1, -0.05) is 6.07 Å². The molecule has 0 N–H and O–H groups in total. The Kier molecular flexibility index (Phi) is 3.23. The molecule has 0 aliphatic carbocycles. The predicted molar refractivity (Wildman–Crippen MR) is 82.1 cm³/mol. The van der Waals surface area contributed by atoms with Gasteiger partial charge < -0.3 is 4.57 Å². The van der Waals surface area contributed by atoms with E-state index in [1.54, 1.807) is 41.4 Å². The Hall–Kier alpha value is -2.96. The van der Waals surface area contributed by atoms with E-state index in [-0.39, 0.29) is 6.54 Å². The Morgan fingerprint density at radius 2 is 1.88 bits per heavy atom. The lowest BCUT2D eigenvalue weighted by atomic mass is 10.0. The number of rotatable bonds is 1. The zero-order valence-corrected chi connectivity index (χ0v) is 12.3. The molecule has 24 heavy (non-hydrogen) atoms. The highest BCUT2D eigenvalue weighted by Crippen LogP contribution is 2.33. The van der Waals surface area contributed by atoms with E-state index in [1.807, 2.05) is 0 Å². The maximum absolute atomic E-state index is 13.2. The Balaban J connectivity index is 1.98. The molecule has 2 aromatic heterocycles. The van der Waals surface area contributed by atoms with Gasteiger partial charge in [0.05, 0.1) is 29.2 Å². The third kappa shape index (κ3) is 2.38. The first-order valence-corrected chi connectivity index (χ1v) is 7.24. The number of pyridine rings is 1. The summed E-state index contributed by atoms with van der Waals surface area (Å²) in [6.07, 6.45) is 0.499. The lowest BCUT2D eigenvalue weighted by Crippen LogP contribution is -2.12. The maximum atomic E-state index is 13.2. The van der Waals surface area contributed by atoms with Crippen LogP contribution in [-0.2, 0) is 12.7 Å². The molecule has 1 aromatic carbocycles. The average molecular weight is 328 g/mol. The number of hydrogen-bond donors (Lipinski definition) is 0. The van der Waals surface area contributed by atoms with Crippen LogP contribution in [0.4, 0.5) is 13.2 Å². The first kappa shape index (κ1) is 14.6. The zero-order valence-electron chi connectivity index (χ0n) is 12.3. The highest BCUT2D eigenvalue weighted by molar-refractivity contribution is 6.14. The topological polar surface area (TPSA) is 43.1 Å². The van der Waals surface area contributed by atoms with Crippen molar-refractivity contribution >= 4 is 5.71 Å². The molecule has 0 atom stereocenters. The molecule has 0 saturated carbocycles. The lowest BCUT2D eigenvalue weighted by molar-refractivity contribution is -0.137. The summed E-state index contributed by atoms with van der Waals surface area (Å²) in [7, 11) is 0. The molecular weight excluding hydrogens is 317 g/mol. The zero-order chi connectivity index (χ0) is 16.7. The largest absolute Gasteiger partial charge is 0.416 e. The van der Waals surface area contributed by atoms with E-state index in [0.29, 0.717) is 28.5 Å². The molecule has 1 aliphatic heterocycles. The predicted octanol–water partition coefficient (Wildman–Crippen LogP) is 3.64. The van der Waals surface area contributed by atoms with E-state index in [4.69, 9.17) is 0 Å². The molecule has 0 spiro atoms. The molecule has 0 fully saturated rings. The normalized spacial score (nSPS) is 13.7. The smallest absolute Gasteiger partial charge is 0.302 e. The second-order valence-corrected chi connectivity index (χ2v) is 5.32. The van der Waals surface area contributed by atoms with Gasteiger partial charge in [0, 0.05) is 24.2 Å². The molecule has 0 saturated heterocycles. The summed E-state index contributed by atoms with van der Waals surface area (Å²) in [5.74, 6) is 0.668. The number of imidazole rings is 1. The van der Waals surface area contributed by atoms with Crippen LogP contribution in [0.2, 0.25) is 0 Å². The van der Waals surface area contributed by atoms with E-state index in [9.17, 15) is 13.2 Å². The van der Waals surface area contributed by atoms with Gasteiger partial charge in [0.15, 0.2) is 0 Å². The van der Waals surface area contributed by atoms with Crippen LogP contribution in [0.15, 0.2) is 60.0 Å². The summed E-state index contributed by atoms with van der Waals surface area (Å²) in [5, 5.41) is 0. The Morgan fingerprint density at radius 3 is 2.62 bits per heavy atom. The number of hydrogen-bond acceptors (Lipinski definition) is 3. The van der Waals surface area contributed by atoms with Crippen molar-refractivity contribution in [2.75, 3.05) is 0 Å². The number of nitrogens with zero attached hydrogens (tertiary/aromatic N) is 4. The van der Waals surface area contributed by atoms with Gasteiger partial charge in [0.2, 0.25) is 0 Å². The summed E-state index contributed by atoms with van der Waals surface area (Å²) in [5.41, 5.74) is 1.25. The molecule has 0 radical (unpaired) electrons. The van der Waals surface area contributed by atoms with Crippen molar-refractivity contribution in [1.29, 1.82) is 0 Å². The van der Waals surface area contributed by atoms with Crippen molar-refractivity contribution in [3.63, 3.8) is 0 Å². The van der Waals surface area contributed by atoms with Crippen molar-refractivity contribution in [1.82, 2.24) is 14.5 Å². The number of aromatic nitrogens is 3. The van der Waals surface area contributed by atoms with Crippen LogP contribution in [0, 0.1) is 0 Å². The molecule has 4 rings (SSSR count).